The minimum atomic E-state index is -0.652. The van der Waals surface area contributed by atoms with Crippen molar-refractivity contribution in [2.24, 2.45) is 0 Å². The van der Waals surface area contributed by atoms with E-state index in [1.165, 1.54) is 12.1 Å². The molecular formula is C15H12O4. The first-order valence-corrected chi connectivity index (χ1v) is 5.68. The van der Waals surface area contributed by atoms with Crippen LogP contribution in [-0.2, 0) is 4.74 Å². The van der Waals surface area contributed by atoms with E-state index >= 15 is 0 Å². The molecule has 0 atom stereocenters. The molecule has 1 heterocycles. The van der Waals surface area contributed by atoms with Gasteiger partial charge in [-0.3, -0.25) is 0 Å². The van der Waals surface area contributed by atoms with E-state index in [1.807, 2.05) is 19.1 Å². The van der Waals surface area contributed by atoms with Crippen LogP contribution >= 0.6 is 0 Å². The molecule has 1 aromatic carbocycles. The highest BCUT2D eigenvalue weighted by atomic mass is 16.6. The van der Waals surface area contributed by atoms with Crippen molar-refractivity contribution in [1.82, 2.24) is 0 Å². The van der Waals surface area contributed by atoms with Gasteiger partial charge in [-0.2, -0.15) is 0 Å². The summed E-state index contributed by atoms with van der Waals surface area (Å²) in [5.74, 6) is -0.421. The summed E-state index contributed by atoms with van der Waals surface area (Å²) in [7, 11) is 0. The highest BCUT2D eigenvalue weighted by molar-refractivity contribution is 6.14. The minimum absolute atomic E-state index is 0.215. The van der Waals surface area contributed by atoms with E-state index in [1.54, 1.807) is 18.2 Å². The average molecular weight is 256 g/mol. The van der Waals surface area contributed by atoms with Crippen molar-refractivity contribution in [1.29, 1.82) is 0 Å². The quantitative estimate of drug-likeness (QED) is 0.359. The Labute approximate surface area is 110 Å². The summed E-state index contributed by atoms with van der Waals surface area (Å²) in [4.78, 5) is 22.6. The second-order valence-corrected chi connectivity index (χ2v) is 3.84. The molecule has 4 nitrogen and oxygen atoms in total. The Morgan fingerprint density at radius 1 is 1.21 bits per heavy atom. The zero-order chi connectivity index (χ0) is 13.8. The van der Waals surface area contributed by atoms with Crippen LogP contribution in [0.1, 0.15) is 27.6 Å². The summed E-state index contributed by atoms with van der Waals surface area (Å²) in [5.41, 5.74) is 0.472. The fourth-order valence-electron chi connectivity index (χ4n) is 1.59. The zero-order valence-corrected chi connectivity index (χ0v) is 10.4. The van der Waals surface area contributed by atoms with Crippen LogP contribution in [0, 0.1) is 0 Å². The number of rotatable bonds is 4. The molecule has 0 N–H and O–H groups in total. The van der Waals surface area contributed by atoms with Crippen LogP contribution in [0.3, 0.4) is 0 Å². The highest BCUT2D eigenvalue weighted by Crippen LogP contribution is 2.25. The molecule has 0 bridgehead atoms. The van der Waals surface area contributed by atoms with Crippen molar-refractivity contribution in [3.8, 4) is 5.75 Å². The summed E-state index contributed by atoms with van der Waals surface area (Å²) >= 11 is 0. The van der Waals surface area contributed by atoms with E-state index in [0.717, 1.165) is 0 Å². The monoisotopic (exact) mass is 256 g/mol. The molecule has 0 aliphatic carbocycles. The minimum Gasteiger partial charge on any atom is -0.458 e. The molecule has 1 aliphatic rings. The molecule has 0 unspecified atom stereocenters. The van der Waals surface area contributed by atoms with Gasteiger partial charge in [-0.15, -0.1) is 0 Å². The second-order valence-electron chi connectivity index (χ2n) is 3.84. The summed E-state index contributed by atoms with van der Waals surface area (Å²) in [5, 5.41) is 0. The predicted octanol–water partition coefficient (Wildman–Crippen LogP) is 3.02. The Morgan fingerprint density at radius 3 is 2.68 bits per heavy atom. The number of carbonyl (C=O) groups is 2. The van der Waals surface area contributed by atoms with E-state index < -0.39 is 11.9 Å². The Hall–Kier alpha value is -2.62. The predicted molar refractivity (Wildman–Crippen MR) is 69.9 cm³/mol. The third-order valence-corrected chi connectivity index (χ3v) is 2.45. The van der Waals surface area contributed by atoms with Crippen LogP contribution in [-0.4, -0.2) is 11.9 Å². The molecule has 0 saturated heterocycles. The van der Waals surface area contributed by atoms with Crippen molar-refractivity contribution in [3.05, 3.63) is 66.0 Å². The van der Waals surface area contributed by atoms with Gasteiger partial charge in [-0.05, 0) is 31.2 Å². The van der Waals surface area contributed by atoms with Crippen LogP contribution < -0.4 is 4.74 Å². The molecule has 1 aliphatic heterocycles. The normalized spacial score (nSPS) is 13.9. The van der Waals surface area contributed by atoms with Crippen molar-refractivity contribution in [3.63, 3.8) is 0 Å². The van der Waals surface area contributed by atoms with Crippen LogP contribution in [0.25, 0.3) is 0 Å². The van der Waals surface area contributed by atoms with Gasteiger partial charge in [-0.1, -0.05) is 24.8 Å². The molecule has 0 amide bonds. The maximum atomic E-state index is 11.4. The van der Waals surface area contributed by atoms with Crippen molar-refractivity contribution in [2.75, 3.05) is 0 Å². The number of benzene rings is 1. The molecule has 0 spiro atoms. The van der Waals surface area contributed by atoms with Gasteiger partial charge in [0.15, 0.2) is 0 Å². The van der Waals surface area contributed by atoms with Gasteiger partial charge in [0.2, 0.25) is 0 Å². The SMILES string of the molecule is C=C(/C=C\C=C/C)Oc1ccc2c(c1)C(=O)OC2=O. The number of hydrogen-bond donors (Lipinski definition) is 0. The fraction of sp³-hybridized carbons (Fsp3) is 0.0667. The van der Waals surface area contributed by atoms with Crippen LogP contribution in [0.15, 0.2) is 54.8 Å². The number of esters is 2. The molecule has 19 heavy (non-hydrogen) atoms. The Balaban J connectivity index is 2.15. The number of allylic oxidation sites excluding steroid dienone is 4. The first-order chi connectivity index (χ1) is 9.11. The molecule has 1 aromatic rings. The summed E-state index contributed by atoms with van der Waals surface area (Å²) < 4.78 is 9.93. The lowest BCUT2D eigenvalue weighted by Crippen LogP contribution is -1.97. The lowest BCUT2D eigenvalue weighted by molar-refractivity contribution is 0.0443. The maximum absolute atomic E-state index is 11.4. The van der Waals surface area contributed by atoms with E-state index in [4.69, 9.17) is 4.74 Å². The molecule has 4 heteroatoms. The number of carbonyl (C=O) groups excluding carboxylic acids is 2. The van der Waals surface area contributed by atoms with Crippen LogP contribution in [0.4, 0.5) is 0 Å². The molecule has 2 rings (SSSR count). The highest BCUT2D eigenvalue weighted by Gasteiger charge is 2.29. The molecule has 0 fully saturated rings. The van der Waals surface area contributed by atoms with Crippen LogP contribution in [0.5, 0.6) is 5.75 Å². The second kappa shape index (κ2) is 5.35. The molecule has 0 radical (unpaired) electrons. The molecule has 96 valence electrons. The van der Waals surface area contributed by atoms with Gasteiger partial charge in [0.25, 0.3) is 0 Å². The third-order valence-electron chi connectivity index (χ3n) is 2.45. The number of cyclic esters (lactones) is 2. The Bertz CT molecular complexity index is 609. The first kappa shape index (κ1) is 12.8. The van der Waals surface area contributed by atoms with Crippen molar-refractivity contribution >= 4 is 11.9 Å². The topological polar surface area (TPSA) is 52.6 Å². The first-order valence-electron chi connectivity index (χ1n) is 5.68. The molecule has 0 aromatic heterocycles. The summed E-state index contributed by atoms with van der Waals surface area (Å²) in [6, 6.07) is 4.56. The lowest BCUT2D eigenvalue weighted by atomic mass is 10.1. The third kappa shape index (κ3) is 2.80. The van der Waals surface area contributed by atoms with Gasteiger partial charge < -0.3 is 9.47 Å². The zero-order valence-electron chi connectivity index (χ0n) is 10.4. The fourth-order valence-corrected chi connectivity index (χ4v) is 1.59. The lowest BCUT2D eigenvalue weighted by Gasteiger charge is -2.05. The van der Waals surface area contributed by atoms with E-state index in [2.05, 4.69) is 11.3 Å². The van der Waals surface area contributed by atoms with Crippen molar-refractivity contribution in [2.45, 2.75) is 6.92 Å². The van der Waals surface area contributed by atoms with Gasteiger partial charge >= 0.3 is 11.9 Å². The maximum Gasteiger partial charge on any atom is 0.347 e. The Kier molecular flexibility index (Phi) is 3.61. The van der Waals surface area contributed by atoms with Gasteiger partial charge in [0.05, 0.1) is 11.1 Å². The molecular weight excluding hydrogens is 244 g/mol. The van der Waals surface area contributed by atoms with E-state index in [9.17, 15) is 9.59 Å². The van der Waals surface area contributed by atoms with Crippen molar-refractivity contribution < 1.29 is 19.1 Å². The van der Waals surface area contributed by atoms with Gasteiger partial charge in [0, 0.05) is 0 Å². The number of fused-ring (bicyclic) bond motifs is 1. The molecule has 0 saturated carbocycles. The average Bonchev–Trinajstić information content (AvgIpc) is 2.65. The summed E-state index contributed by atoms with van der Waals surface area (Å²) in [6.45, 7) is 5.62. The van der Waals surface area contributed by atoms with Gasteiger partial charge in [-0.25, -0.2) is 9.59 Å². The number of hydrogen-bond acceptors (Lipinski definition) is 4. The van der Waals surface area contributed by atoms with E-state index in [0.29, 0.717) is 11.5 Å². The smallest absolute Gasteiger partial charge is 0.347 e. The summed E-state index contributed by atoms with van der Waals surface area (Å²) in [6.07, 6.45) is 7.19. The number of ether oxygens (including phenoxy) is 2. The van der Waals surface area contributed by atoms with E-state index in [-0.39, 0.29) is 11.1 Å². The Morgan fingerprint density at radius 2 is 1.95 bits per heavy atom. The van der Waals surface area contributed by atoms with Gasteiger partial charge in [0.1, 0.15) is 11.5 Å². The standard InChI is InChI=1S/C15H12O4/c1-3-4-5-6-10(2)18-11-7-8-12-13(9-11)15(17)19-14(12)16/h3-9H,2H2,1H3/b4-3-,6-5-. The largest absolute Gasteiger partial charge is 0.458 e. The van der Waals surface area contributed by atoms with Crippen LogP contribution in [0.2, 0.25) is 0 Å².